The molecule has 9 nitrogen and oxygen atoms in total. The van der Waals surface area contributed by atoms with Crippen LogP contribution in [0.15, 0.2) is 24.4 Å². The Kier molecular flexibility index (Phi) is 4.31. The molecule has 0 amide bonds. The van der Waals surface area contributed by atoms with Gasteiger partial charge in [0.15, 0.2) is 11.6 Å². The molecular formula is C21H26N8O. The number of hydrogen-bond donors (Lipinski definition) is 2. The first-order valence-electron chi connectivity index (χ1n) is 10.8. The Hall–Kier alpha value is -2.78. The molecular weight excluding hydrogens is 380 g/mol. The Balaban J connectivity index is 1.29. The van der Waals surface area contributed by atoms with E-state index in [4.69, 9.17) is 9.72 Å². The lowest BCUT2D eigenvalue weighted by atomic mass is 9.95. The summed E-state index contributed by atoms with van der Waals surface area (Å²) in [5.41, 5.74) is 2.48. The highest BCUT2D eigenvalue weighted by molar-refractivity contribution is 5.78. The van der Waals surface area contributed by atoms with Crippen LogP contribution in [-0.4, -0.2) is 57.6 Å². The van der Waals surface area contributed by atoms with Gasteiger partial charge in [-0.25, -0.2) is 4.98 Å². The summed E-state index contributed by atoms with van der Waals surface area (Å²) in [7, 11) is 0. The molecule has 5 heterocycles. The summed E-state index contributed by atoms with van der Waals surface area (Å²) >= 11 is 0. The van der Waals surface area contributed by atoms with Crippen molar-refractivity contribution in [1.82, 2.24) is 30.0 Å². The van der Waals surface area contributed by atoms with E-state index in [0.29, 0.717) is 11.8 Å². The average molecular weight is 406 g/mol. The number of ether oxygens (including phenoxy) is 1. The SMILES string of the molecule is c1cc(N2CCOCC2)nnc1Nc1ncc2cc3n(c2n1)C1(CCCC1)CNC3. The van der Waals surface area contributed by atoms with Gasteiger partial charge in [-0.1, -0.05) is 12.8 Å². The third-order valence-corrected chi connectivity index (χ3v) is 6.61. The van der Waals surface area contributed by atoms with Crippen molar-refractivity contribution < 1.29 is 4.74 Å². The van der Waals surface area contributed by atoms with E-state index in [-0.39, 0.29) is 5.54 Å². The number of rotatable bonds is 3. The fourth-order valence-electron chi connectivity index (χ4n) is 5.17. The molecule has 1 aliphatic carbocycles. The summed E-state index contributed by atoms with van der Waals surface area (Å²) in [5, 5.41) is 16.6. The normalized spacial score (nSPS) is 20.6. The predicted octanol–water partition coefficient (Wildman–Crippen LogP) is 2.17. The molecule has 0 atom stereocenters. The zero-order chi connectivity index (χ0) is 20.0. The van der Waals surface area contributed by atoms with Crippen molar-refractivity contribution >= 4 is 28.6 Å². The number of fused-ring (bicyclic) bond motifs is 4. The van der Waals surface area contributed by atoms with Gasteiger partial charge in [0.25, 0.3) is 0 Å². The van der Waals surface area contributed by atoms with Crippen molar-refractivity contribution in [1.29, 1.82) is 0 Å². The van der Waals surface area contributed by atoms with Crippen molar-refractivity contribution in [3.63, 3.8) is 0 Å². The molecule has 3 aliphatic rings. The molecule has 0 unspecified atom stereocenters. The van der Waals surface area contributed by atoms with Gasteiger partial charge in [-0.3, -0.25) is 0 Å². The Morgan fingerprint density at radius 3 is 2.77 bits per heavy atom. The minimum atomic E-state index is 0.153. The summed E-state index contributed by atoms with van der Waals surface area (Å²) in [4.78, 5) is 11.6. The minimum absolute atomic E-state index is 0.153. The van der Waals surface area contributed by atoms with E-state index in [0.717, 1.165) is 56.2 Å². The molecule has 1 saturated carbocycles. The van der Waals surface area contributed by atoms with Crippen molar-refractivity contribution in [2.75, 3.05) is 43.1 Å². The van der Waals surface area contributed by atoms with E-state index in [9.17, 15) is 0 Å². The topological polar surface area (TPSA) is 93.0 Å². The van der Waals surface area contributed by atoms with E-state index < -0.39 is 0 Å². The molecule has 0 bridgehead atoms. The molecule has 1 saturated heterocycles. The smallest absolute Gasteiger partial charge is 0.230 e. The lowest BCUT2D eigenvalue weighted by Crippen LogP contribution is -2.46. The number of nitrogens with one attached hydrogen (secondary N) is 2. The molecule has 2 aliphatic heterocycles. The van der Waals surface area contributed by atoms with Gasteiger partial charge in [0.1, 0.15) is 5.65 Å². The zero-order valence-corrected chi connectivity index (χ0v) is 17.0. The lowest BCUT2D eigenvalue weighted by molar-refractivity contribution is 0.122. The van der Waals surface area contributed by atoms with Gasteiger partial charge in [0, 0.05) is 43.5 Å². The fourth-order valence-corrected chi connectivity index (χ4v) is 5.17. The molecule has 156 valence electrons. The van der Waals surface area contributed by atoms with Gasteiger partial charge in [-0.15, -0.1) is 10.2 Å². The quantitative estimate of drug-likeness (QED) is 0.684. The first-order valence-corrected chi connectivity index (χ1v) is 10.8. The molecule has 30 heavy (non-hydrogen) atoms. The Morgan fingerprint density at radius 2 is 1.97 bits per heavy atom. The zero-order valence-electron chi connectivity index (χ0n) is 17.0. The molecule has 6 rings (SSSR count). The maximum absolute atomic E-state index is 5.40. The van der Waals surface area contributed by atoms with Crippen LogP contribution in [0.25, 0.3) is 11.0 Å². The van der Waals surface area contributed by atoms with Gasteiger partial charge < -0.3 is 24.8 Å². The van der Waals surface area contributed by atoms with Crippen LogP contribution in [0.4, 0.5) is 17.6 Å². The third-order valence-electron chi connectivity index (χ3n) is 6.61. The molecule has 9 heteroatoms. The van der Waals surface area contributed by atoms with Crippen LogP contribution < -0.4 is 15.5 Å². The molecule has 0 radical (unpaired) electrons. The summed E-state index contributed by atoms with van der Waals surface area (Å²) in [5.74, 6) is 2.08. The number of nitrogens with zero attached hydrogens (tertiary/aromatic N) is 6. The van der Waals surface area contributed by atoms with Crippen LogP contribution in [0.2, 0.25) is 0 Å². The molecule has 2 fully saturated rings. The molecule has 3 aromatic heterocycles. The Labute approximate surface area is 174 Å². The molecule has 2 N–H and O–H groups in total. The van der Waals surface area contributed by atoms with Crippen LogP contribution in [0.5, 0.6) is 0 Å². The number of aromatic nitrogens is 5. The van der Waals surface area contributed by atoms with Crippen LogP contribution in [0.3, 0.4) is 0 Å². The largest absolute Gasteiger partial charge is 0.378 e. The monoisotopic (exact) mass is 406 g/mol. The first kappa shape index (κ1) is 18.0. The first-order chi connectivity index (χ1) is 14.8. The van der Waals surface area contributed by atoms with Crippen LogP contribution in [0, 0.1) is 0 Å². The van der Waals surface area contributed by atoms with Gasteiger partial charge >= 0.3 is 0 Å². The second-order valence-electron chi connectivity index (χ2n) is 8.48. The highest BCUT2D eigenvalue weighted by Crippen LogP contribution is 2.41. The Bertz CT molecular complexity index is 1050. The maximum Gasteiger partial charge on any atom is 0.230 e. The maximum atomic E-state index is 5.40. The average Bonchev–Trinajstić information content (AvgIpc) is 3.40. The van der Waals surface area contributed by atoms with E-state index in [1.807, 2.05) is 18.3 Å². The van der Waals surface area contributed by atoms with Gasteiger partial charge in [-0.05, 0) is 31.0 Å². The summed E-state index contributed by atoms with van der Waals surface area (Å²) in [6.45, 7) is 5.05. The van der Waals surface area contributed by atoms with E-state index in [1.54, 1.807) is 0 Å². The molecule has 1 spiro atoms. The van der Waals surface area contributed by atoms with Crippen molar-refractivity contribution in [2.45, 2.75) is 37.8 Å². The highest BCUT2D eigenvalue weighted by Gasteiger charge is 2.40. The van der Waals surface area contributed by atoms with E-state index in [2.05, 4.69) is 41.3 Å². The molecule has 0 aromatic carbocycles. The van der Waals surface area contributed by atoms with Crippen molar-refractivity contribution in [3.05, 3.63) is 30.1 Å². The van der Waals surface area contributed by atoms with Crippen LogP contribution in [0.1, 0.15) is 31.4 Å². The summed E-state index contributed by atoms with van der Waals surface area (Å²) in [6.07, 6.45) is 6.88. The summed E-state index contributed by atoms with van der Waals surface area (Å²) < 4.78 is 7.88. The highest BCUT2D eigenvalue weighted by atomic mass is 16.5. The number of anilines is 3. The van der Waals surface area contributed by atoms with E-state index >= 15 is 0 Å². The van der Waals surface area contributed by atoms with Crippen molar-refractivity contribution in [2.24, 2.45) is 0 Å². The fraction of sp³-hybridized carbons (Fsp3) is 0.524. The second-order valence-corrected chi connectivity index (χ2v) is 8.48. The van der Waals surface area contributed by atoms with Gasteiger partial charge in [-0.2, -0.15) is 4.98 Å². The predicted molar refractivity (Wildman–Crippen MR) is 114 cm³/mol. The minimum Gasteiger partial charge on any atom is -0.378 e. The molecule has 3 aromatic rings. The third kappa shape index (κ3) is 3.00. The van der Waals surface area contributed by atoms with Gasteiger partial charge in [0.05, 0.1) is 18.8 Å². The Morgan fingerprint density at radius 1 is 1.10 bits per heavy atom. The van der Waals surface area contributed by atoms with Crippen molar-refractivity contribution in [3.8, 4) is 0 Å². The number of hydrogen-bond acceptors (Lipinski definition) is 8. The second kappa shape index (κ2) is 7.17. The van der Waals surface area contributed by atoms with Crippen LogP contribution in [-0.2, 0) is 16.8 Å². The standard InChI is InChI=1S/C21H26N8O/c1-2-6-21(5-1)14-22-13-16-11-15-12-23-20(25-19(15)29(16)21)24-17-3-4-18(27-26-17)28-7-9-30-10-8-28/h3-4,11-12,22H,1-2,5-10,13-14H2,(H,23,24,25,26). The summed E-state index contributed by atoms with van der Waals surface area (Å²) in [6, 6.07) is 6.14. The van der Waals surface area contributed by atoms with E-state index in [1.165, 1.54) is 31.4 Å². The van der Waals surface area contributed by atoms with Crippen LogP contribution >= 0.6 is 0 Å². The number of morpholine rings is 1. The lowest BCUT2D eigenvalue weighted by Gasteiger charge is -2.37. The van der Waals surface area contributed by atoms with Gasteiger partial charge in [0.2, 0.25) is 5.95 Å².